The van der Waals surface area contributed by atoms with Crippen LogP contribution >= 0.6 is 0 Å². The van der Waals surface area contributed by atoms with Crippen LogP contribution in [0.2, 0.25) is 0 Å². The van der Waals surface area contributed by atoms with E-state index >= 15 is 0 Å². The third-order valence-electron chi connectivity index (χ3n) is 5.68. The Hall–Kier alpha value is -3.81. The van der Waals surface area contributed by atoms with Crippen molar-refractivity contribution >= 4 is 16.9 Å². The third kappa shape index (κ3) is 5.06. The Morgan fingerprint density at radius 2 is 1.76 bits per heavy atom. The molecule has 34 heavy (non-hydrogen) atoms. The number of aromatic amines is 1. The maximum Gasteiger partial charge on any atom is 0.416 e. The molecule has 2 N–H and O–H groups in total. The monoisotopic (exact) mass is 469 g/mol. The molecule has 3 aromatic carbocycles. The van der Waals surface area contributed by atoms with Crippen LogP contribution in [-0.4, -0.2) is 22.5 Å². The zero-order chi connectivity index (χ0) is 24.3. The number of carbonyl (C=O) groups is 1. The molecule has 0 aliphatic carbocycles. The van der Waals surface area contributed by atoms with Crippen molar-refractivity contribution in [1.29, 1.82) is 0 Å². The molecule has 1 heterocycles. The summed E-state index contributed by atoms with van der Waals surface area (Å²) >= 11 is 0. The van der Waals surface area contributed by atoms with Crippen LogP contribution in [0.3, 0.4) is 0 Å². The Kier molecular flexibility index (Phi) is 6.58. The van der Waals surface area contributed by atoms with E-state index in [1.807, 2.05) is 30.3 Å². The molecule has 0 radical (unpaired) electrons. The summed E-state index contributed by atoms with van der Waals surface area (Å²) in [7, 11) is 0. The van der Waals surface area contributed by atoms with Crippen molar-refractivity contribution < 1.29 is 22.4 Å². The molecule has 0 spiro atoms. The first kappa shape index (κ1) is 23.4. The second kappa shape index (κ2) is 9.59. The SMILES string of the molecule is CCN(Cc1cc(C(F)(F)F)ccc1-c1c[nH]c2ccc(F)cc12)C(=O)NCc1ccccc1. The van der Waals surface area contributed by atoms with Gasteiger partial charge in [0.05, 0.1) is 5.56 Å². The fraction of sp³-hybridized carbons (Fsp3) is 0.192. The molecule has 4 rings (SSSR count). The molecule has 0 fully saturated rings. The van der Waals surface area contributed by atoms with Gasteiger partial charge in [-0.25, -0.2) is 9.18 Å². The lowest BCUT2D eigenvalue weighted by Gasteiger charge is -2.24. The largest absolute Gasteiger partial charge is 0.416 e. The van der Waals surface area contributed by atoms with Gasteiger partial charge in [0.25, 0.3) is 0 Å². The van der Waals surface area contributed by atoms with Gasteiger partial charge in [-0.2, -0.15) is 13.2 Å². The van der Waals surface area contributed by atoms with Crippen LogP contribution in [-0.2, 0) is 19.3 Å². The number of H-pyrrole nitrogens is 1. The number of alkyl halides is 3. The van der Waals surface area contributed by atoms with E-state index in [0.717, 1.165) is 17.7 Å². The summed E-state index contributed by atoms with van der Waals surface area (Å²) in [5.74, 6) is -0.447. The first-order valence-electron chi connectivity index (χ1n) is 10.8. The molecule has 4 nitrogen and oxygen atoms in total. The summed E-state index contributed by atoms with van der Waals surface area (Å²) in [5.41, 5.74) is 2.15. The van der Waals surface area contributed by atoms with E-state index in [2.05, 4.69) is 10.3 Å². The van der Waals surface area contributed by atoms with E-state index in [0.29, 0.717) is 40.7 Å². The van der Waals surface area contributed by atoms with E-state index in [9.17, 15) is 22.4 Å². The zero-order valence-electron chi connectivity index (χ0n) is 18.4. The molecular formula is C26H23F4N3O. The summed E-state index contributed by atoms with van der Waals surface area (Å²) in [5, 5.41) is 3.37. The highest BCUT2D eigenvalue weighted by atomic mass is 19.4. The van der Waals surface area contributed by atoms with Crippen LogP contribution in [0.5, 0.6) is 0 Å². The minimum absolute atomic E-state index is 0.0433. The van der Waals surface area contributed by atoms with Gasteiger partial charge in [0.1, 0.15) is 5.82 Å². The smallest absolute Gasteiger partial charge is 0.361 e. The number of carbonyl (C=O) groups excluding carboxylic acids is 1. The van der Waals surface area contributed by atoms with Crippen molar-refractivity contribution in [3.8, 4) is 11.1 Å². The van der Waals surface area contributed by atoms with Crippen LogP contribution in [0.4, 0.5) is 22.4 Å². The highest BCUT2D eigenvalue weighted by Gasteiger charge is 2.31. The van der Waals surface area contributed by atoms with Crippen molar-refractivity contribution in [2.45, 2.75) is 26.2 Å². The predicted molar refractivity (Wildman–Crippen MR) is 123 cm³/mol. The topological polar surface area (TPSA) is 48.1 Å². The number of aromatic nitrogens is 1. The van der Waals surface area contributed by atoms with Crippen molar-refractivity contribution in [2.75, 3.05) is 6.54 Å². The molecule has 0 saturated carbocycles. The lowest BCUT2D eigenvalue weighted by Crippen LogP contribution is -2.39. The Balaban J connectivity index is 1.68. The molecule has 0 aliphatic heterocycles. The maximum atomic E-state index is 13.9. The molecule has 8 heteroatoms. The van der Waals surface area contributed by atoms with Gasteiger partial charge < -0.3 is 15.2 Å². The highest BCUT2D eigenvalue weighted by molar-refractivity contribution is 5.96. The van der Waals surface area contributed by atoms with Crippen LogP contribution < -0.4 is 5.32 Å². The Morgan fingerprint density at radius 1 is 1.00 bits per heavy atom. The second-order valence-electron chi connectivity index (χ2n) is 7.92. The lowest BCUT2D eigenvalue weighted by molar-refractivity contribution is -0.137. The molecule has 0 aliphatic rings. The summed E-state index contributed by atoms with van der Waals surface area (Å²) in [4.78, 5) is 17.3. The number of rotatable bonds is 6. The minimum Gasteiger partial charge on any atom is -0.361 e. The van der Waals surface area contributed by atoms with E-state index in [1.54, 1.807) is 19.2 Å². The maximum absolute atomic E-state index is 13.9. The molecule has 1 aromatic heterocycles. The van der Waals surface area contributed by atoms with Crippen molar-refractivity contribution in [3.63, 3.8) is 0 Å². The summed E-state index contributed by atoms with van der Waals surface area (Å²) < 4.78 is 54.4. The van der Waals surface area contributed by atoms with Crippen molar-refractivity contribution in [1.82, 2.24) is 15.2 Å². The number of hydrogen-bond acceptors (Lipinski definition) is 1. The zero-order valence-corrected chi connectivity index (χ0v) is 18.4. The van der Waals surface area contributed by atoms with Crippen LogP contribution in [0.25, 0.3) is 22.0 Å². The standard InChI is InChI=1S/C26H23F4N3O/c1-2-33(25(34)32-14-17-6-4-3-5-7-17)16-18-12-19(26(28,29)30)8-10-21(18)23-15-31-24-11-9-20(27)13-22(23)24/h3-13,15,31H,2,14,16H2,1H3,(H,32,34). The Morgan fingerprint density at radius 3 is 2.47 bits per heavy atom. The van der Waals surface area contributed by atoms with Gasteiger partial charge in [-0.05, 0) is 53.9 Å². The van der Waals surface area contributed by atoms with Crippen LogP contribution in [0.1, 0.15) is 23.6 Å². The number of hydrogen-bond donors (Lipinski definition) is 2. The van der Waals surface area contributed by atoms with Crippen molar-refractivity contribution in [3.05, 3.63) is 95.4 Å². The van der Waals surface area contributed by atoms with Gasteiger partial charge >= 0.3 is 12.2 Å². The molecule has 176 valence electrons. The van der Waals surface area contributed by atoms with Crippen LogP contribution in [0, 0.1) is 5.82 Å². The summed E-state index contributed by atoms with van der Waals surface area (Å²) in [6.07, 6.45) is -2.89. The minimum atomic E-state index is -4.54. The van der Waals surface area contributed by atoms with Gasteiger partial charge in [0.2, 0.25) is 0 Å². The fourth-order valence-corrected chi connectivity index (χ4v) is 3.90. The molecule has 0 bridgehead atoms. The first-order chi connectivity index (χ1) is 16.3. The second-order valence-corrected chi connectivity index (χ2v) is 7.92. The van der Waals surface area contributed by atoms with E-state index in [4.69, 9.17) is 0 Å². The predicted octanol–water partition coefficient (Wildman–Crippen LogP) is 6.72. The number of benzene rings is 3. The first-order valence-corrected chi connectivity index (χ1v) is 10.8. The molecule has 2 amide bonds. The van der Waals surface area contributed by atoms with E-state index in [-0.39, 0.29) is 12.6 Å². The lowest BCUT2D eigenvalue weighted by atomic mass is 9.96. The summed E-state index contributed by atoms with van der Waals surface area (Å²) in [6, 6.07) is 16.6. The summed E-state index contributed by atoms with van der Waals surface area (Å²) in [6.45, 7) is 2.31. The van der Waals surface area contributed by atoms with Gasteiger partial charge in [0, 0.05) is 42.3 Å². The Labute approximate surface area is 194 Å². The van der Waals surface area contributed by atoms with Gasteiger partial charge in [-0.1, -0.05) is 36.4 Å². The number of halogens is 4. The quantitative estimate of drug-likeness (QED) is 0.303. The van der Waals surface area contributed by atoms with Gasteiger partial charge in [-0.15, -0.1) is 0 Å². The molecule has 4 aromatic rings. The highest BCUT2D eigenvalue weighted by Crippen LogP contribution is 2.36. The van der Waals surface area contributed by atoms with E-state index in [1.165, 1.54) is 23.1 Å². The number of urea groups is 1. The average Bonchev–Trinajstić information content (AvgIpc) is 3.23. The number of nitrogens with one attached hydrogen (secondary N) is 2. The van der Waals surface area contributed by atoms with Gasteiger partial charge in [0.15, 0.2) is 0 Å². The Bertz CT molecular complexity index is 1300. The van der Waals surface area contributed by atoms with Crippen molar-refractivity contribution in [2.24, 2.45) is 0 Å². The number of amides is 2. The molecule has 0 unspecified atom stereocenters. The average molecular weight is 469 g/mol. The van der Waals surface area contributed by atoms with Crippen LogP contribution in [0.15, 0.2) is 72.9 Å². The fourth-order valence-electron chi connectivity index (χ4n) is 3.90. The molecule has 0 atom stereocenters. The number of nitrogens with zero attached hydrogens (tertiary/aromatic N) is 1. The van der Waals surface area contributed by atoms with Gasteiger partial charge in [-0.3, -0.25) is 0 Å². The third-order valence-corrected chi connectivity index (χ3v) is 5.68. The molecule has 0 saturated heterocycles. The number of fused-ring (bicyclic) bond motifs is 1. The van der Waals surface area contributed by atoms with E-state index < -0.39 is 17.6 Å². The molecular weight excluding hydrogens is 446 g/mol. The normalized spacial score (nSPS) is 11.6.